The van der Waals surface area contributed by atoms with Crippen molar-refractivity contribution in [3.05, 3.63) is 33.9 Å². The van der Waals surface area contributed by atoms with Crippen molar-refractivity contribution in [2.45, 2.75) is 26.7 Å². The highest BCUT2D eigenvalue weighted by molar-refractivity contribution is 9.10. The summed E-state index contributed by atoms with van der Waals surface area (Å²) in [5.41, 5.74) is 3.98. The van der Waals surface area contributed by atoms with Crippen LogP contribution in [-0.2, 0) is 7.05 Å². The number of halogens is 1. The van der Waals surface area contributed by atoms with Gasteiger partial charge in [0.05, 0.1) is 0 Å². The molecule has 0 unspecified atom stereocenters. The van der Waals surface area contributed by atoms with Crippen LogP contribution in [0.5, 0.6) is 0 Å². The molecule has 2 aromatic rings. The van der Waals surface area contributed by atoms with Crippen LogP contribution in [0, 0.1) is 6.92 Å². The molecule has 0 radical (unpaired) electrons. The SMILES string of the molecule is Cc1c(Br)c2cc(C(C)C)ccc2n1C. The third kappa shape index (κ3) is 1.61. The second-order valence-electron chi connectivity index (χ2n) is 4.39. The Bertz CT molecular complexity index is 509. The summed E-state index contributed by atoms with van der Waals surface area (Å²) in [6.07, 6.45) is 0. The average Bonchev–Trinajstić information content (AvgIpc) is 2.44. The van der Waals surface area contributed by atoms with E-state index in [0.717, 1.165) is 0 Å². The Hall–Kier alpha value is -0.760. The van der Waals surface area contributed by atoms with Gasteiger partial charge >= 0.3 is 0 Å². The van der Waals surface area contributed by atoms with Gasteiger partial charge in [0.1, 0.15) is 0 Å². The van der Waals surface area contributed by atoms with Crippen LogP contribution < -0.4 is 0 Å². The van der Waals surface area contributed by atoms with Crippen molar-refractivity contribution >= 4 is 26.8 Å². The van der Waals surface area contributed by atoms with Crippen LogP contribution >= 0.6 is 15.9 Å². The van der Waals surface area contributed by atoms with E-state index in [1.807, 2.05) is 0 Å². The molecule has 0 N–H and O–H groups in total. The van der Waals surface area contributed by atoms with E-state index in [0.29, 0.717) is 5.92 Å². The summed E-state index contributed by atoms with van der Waals surface area (Å²) in [6, 6.07) is 6.72. The van der Waals surface area contributed by atoms with Gasteiger partial charge in [-0.1, -0.05) is 19.9 Å². The molecule has 0 aliphatic heterocycles. The Morgan fingerprint density at radius 3 is 2.53 bits per heavy atom. The largest absolute Gasteiger partial charge is 0.347 e. The molecule has 1 aromatic heterocycles. The third-order valence-electron chi connectivity index (χ3n) is 3.11. The Labute approximate surface area is 99.2 Å². The molecular formula is C13H16BrN. The molecule has 1 nitrogen and oxygen atoms in total. The van der Waals surface area contributed by atoms with Crippen LogP contribution in [0.1, 0.15) is 31.0 Å². The molecule has 15 heavy (non-hydrogen) atoms. The molecule has 0 amide bonds. The number of rotatable bonds is 1. The summed E-state index contributed by atoms with van der Waals surface area (Å²) in [5, 5.41) is 1.32. The van der Waals surface area contributed by atoms with E-state index in [1.165, 1.54) is 26.6 Å². The summed E-state index contributed by atoms with van der Waals surface area (Å²) in [5.74, 6) is 0.585. The smallest absolute Gasteiger partial charge is 0.0491 e. The third-order valence-corrected chi connectivity index (χ3v) is 4.11. The molecular weight excluding hydrogens is 250 g/mol. The van der Waals surface area contributed by atoms with Crippen molar-refractivity contribution in [3.8, 4) is 0 Å². The lowest BCUT2D eigenvalue weighted by molar-refractivity contribution is 0.867. The van der Waals surface area contributed by atoms with Crippen molar-refractivity contribution < 1.29 is 0 Å². The quantitative estimate of drug-likeness (QED) is 0.722. The topological polar surface area (TPSA) is 4.93 Å². The predicted molar refractivity (Wildman–Crippen MR) is 69.4 cm³/mol. The fourth-order valence-corrected chi connectivity index (χ4v) is 2.49. The second-order valence-corrected chi connectivity index (χ2v) is 5.18. The van der Waals surface area contributed by atoms with Crippen molar-refractivity contribution in [2.24, 2.45) is 7.05 Å². The average molecular weight is 266 g/mol. The van der Waals surface area contributed by atoms with E-state index in [4.69, 9.17) is 0 Å². The number of aryl methyl sites for hydroxylation is 1. The molecule has 80 valence electrons. The minimum absolute atomic E-state index is 0.585. The predicted octanol–water partition coefficient (Wildman–Crippen LogP) is 4.37. The molecule has 0 spiro atoms. The van der Waals surface area contributed by atoms with Crippen molar-refractivity contribution in [3.63, 3.8) is 0 Å². The molecule has 1 heterocycles. The summed E-state index contributed by atoms with van der Waals surface area (Å²) in [6.45, 7) is 6.59. The fourth-order valence-electron chi connectivity index (χ4n) is 1.90. The van der Waals surface area contributed by atoms with Crippen LogP contribution in [0.4, 0.5) is 0 Å². The highest BCUT2D eigenvalue weighted by atomic mass is 79.9. The van der Waals surface area contributed by atoms with Crippen molar-refractivity contribution in [2.75, 3.05) is 0 Å². The van der Waals surface area contributed by atoms with Gasteiger partial charge in [-0.25, -0.2) is 0 Å². The zero-order valence-electron chi connectivity index (χ0n) is 9.63. The first-order valence-electron chi connectivity index (χ1n) is 5.26. The first kappa shape index (κ1) is 10.7. The van der Waals surface area contributed by atoms with Crippen molar-refractivity contribution in [1.82, 2.24) is 4.57 Å². The molecule has 2 rings (SSSR count). The van der Waals surface area contributed by atoms with Gasteiger partial charge in [0.25, 0.3) is 0 Å². The fraction of sp³-hybridized carbons (Fsp3) is 0.385. The molecule has 1 aromatic carbocycles. The van der Waals surface area contributed by atoms with Gasteiger partial charge in [-0.3, -0.25) is 0 Å². The minimum atomic E-state index is 0.585. The minimum Gasteiger partial charge on any atom is -0.347 e. The van der Waals surface area contributed by atoms with E-state index in [2.05, 4.69) is 66.5 Å². The standard InChI is InChI=1S/C13H16BrN/c1-8(2)10-5-6-12-11(7-10)13(14)9(3)15(12)4/h5-8H,1-4H3. The summed E-state index contributed by atoms with van der Waals surface area (Å²) in [4.78, 5) is 0. The molecule has 2 heteroatoms. The van der Waals surface area contributed by atoms with Gasteiger partial charge in [0.15, 0.2) is 0 Å². The van der Waals surface area contributed by atoms with Crippen LogP contribution in [0.2, 0.25) is 0 Å². The summed E-state index contributed by atoms with van der Waals surface area (Å²) >= 11 is 3.66. The first-order chi connectivity index (χ1) is 7.02. The Morgan fingerprint density at radius 2 is 1.93 bits per heavy atom. The van der Waals surface area contributed by atoms with Gasteiger partial charge < -0.3 is 4.57 Å². The van der Waals surface area contributed by atoms with Gasteiger partial charge in [0.2, 0.25) is 0 Å². The maximum absolute atomic E-state index is 3.66. The number of hydrogen-bond donors (Lipinski definition) is 0. The van der Waals surface area contributed by atoms with Crippen LogP contribution in [0.3, 0.4) is 0 Å². The van der Waals surface area contributed by atoms with E-state index < -0.39 is 0 Å². The maximum atomic E-state index is 3.66. The van der Waals surface area contributed by atoms with Crippen LogP contribution in [-0.4, -0.2) is 4.57 Å². The molecule has 0 atom stereocenters. The van der Waals surface area contributed by atoms with Gasteiger partial charge in [-0.05, 0) is 46.5 Å². The highest BCUT2D eigenvalue weighted by Gasteiger charge is 2.10. The van der Waals surface area contributed by atoms with Crippen LogP contribution in [0.15, 0.2) is 22.7 Å². The maximum Gasteiger partial charge on any atom is 0.0491 e. The van der Waals surface area contributed by atoms with E-state index in [9.17, 15) is 0 Å². The van der Waals surface area contributed by atoms with Crippen LogP contribution in [0.25, 0.3) is 10.9 Å². The molecule has 0 fully saturated rings. The zero-order chi connectivity index (χ0) is 11.2. The molecule has 0 saturated heterocycles. The molecule has 0 saturated carbocycles. The lowest BCUT2D eigenvalue weighted by Gasteiger charge is -2.05. The van der Waals surface area contributed by atoms with Gasteiger partial charge in [-0.15, -0.1) is 0 Å². The van der Waals surface area contributed by atoms with E-state index in [1.54, 1.807) is 0 Å². The molecule has 0 aliphatic carbocycles. The van der Waals surface area contributed by atoms with E-state index >= 15 is 0 Å². The lowest BCUT2D eigenvalue weighted by atomic mass is 10.0. The molecule has 0 aliphatic rings. The summed E-state index contributed by atoms with van der Waals surface area (Å²) in [7, 11) is 2.11. The Balaban J connectivity index is 2.77. The second kappa shape index (κ2) is 3.67. The number of hydrogen-bond acceptors (Lipinski definition) is 0. The number of nitrogens with zero attached hydrogens (tertiary/aromatic N) is 1. The number of fused-ring (bicyclic) bond motifs is 1. The number of aromatic nitrogens is 1. The Morgan fingerprint density at radius 1 is 1.27 bits per heavy atom. The van der Waals surface area contributed by atoms with E-state index in [-0.39, 0.29) is 0 Å². The normalized spacial score (nSPS) is 11.6. The zero-order valence-corrected chi connectivity index (χ0v) is 11.2. The summed E-state index contributed by atoms with van der Waals surface area (Å²) < 4.78 is 3.45. The first-order valence-corrected chi connectivity index (χ1v) is 6.06. The lowest BCUT2D eigenvalue weighted by Crippen LogP contribution is -1.90. The highest BCUT2D eigenvalue weighted by Crippen LogP contribution is 2.31. The molecule has 0 bridgehead atoms. The van der Waals surface area contributed by atoms with Crippen molar-refractivity contribution in [1.29, 1.82) is 0 Å². The van der Waals surface area contributed by atoms with Gasteiger partial charge in [-0.2, -0.15) is 0 Å². The number of benzene rings is 1. The Kier molecular flexibility index (Phi) is 2.63. The monoisotopic (exact) mass is 265 g/mol. The van der Waals surface area contributed by atoms with Gasteiger partial charge in [0, 0.05) is 28.1 Å².